The number of fused-ring (bicyclic) bond motifs is 7. The van der Waals surface area contributed by atoms with Crippen molar-refractivity contribution in [3.63, 3.8) is 0 Å². The zero-order chi connectivity index (χ0) is 145. The molecular weight excluding hydrogens is 1890 g/mol. The molecule has 21 rings (SSSR count). The minimum Gasteiger partial charge on any atom is -0.398 e. The maximum Gasteiger partial charge on any atom is 0.264 e. The minimum absolute atomic E-state index is 0.000262. The third kappa shape index (κ3) is 21.2. The van der Waals surface area contributed by atoms with Crippen molar-refractivity contribution in [3.05, 3.63) is 240 Å². The number of hydrogen-bond donors (Lipinski definition) is 7. The van der Waals surface area contributed by atoms with Gasteiger partial charge in [0.1, 0.15) is 81.3 Å². The number of hydrogen-bond acceptors (Lipinski definition) is 35. The van der Waals surface area contributed by atoms with E-state index in [1.807, 2.05) is 0 Å². The van der Waals surface area contributed by atoms with E-state index in [0.717, 1.165) is 4.57 Å². The van der Waals surface area contributed by atoms with Gasteiger partial charge in [0.05, 0.1) is 184 Å². The van der Waals surface area contributed by atoms with Gasteiger partial charge in [0.15, 0.2) is 40.5 Å². The molecule has 0 spiro atoms. The number of ketones is 14. The van der Waals surface area contributed by atoms with E-state index in [-0.39, 0.29) is 126 Å². The molecule has 0 amide bonds. The van der Waals surface area contributed by atoms with Crippen molar-refractivity contribution in [3.8, 4) is 0 Å². The molecule has 7 aliphatic rings. The molecule has 14 N–H and O–H groups in total. The number of Topliss-reactive ketones (excluding diaryl/α,β-unsaturated/α-hetero) is 14. The number of aromatic nitrogens is 14. The molecule has 42 heteroatoms. The molecule has 7 unspecified atom stereocenters. The third-order valence-corrected chi connectivity index (χ3v) is 22.5. The number of carbonyl (C=O) groups excluding carboxylic acids is 14. The highest BCUT2D eigenvalue weighted by molar-refractivity contribution is 6.09. The Morgan fingerprint density at radius 2 is 0.476 bits per heavy atom. The molecule has 7 aromatic carbocycles. The molecule has 0 aliphatic heterocycles. The highest BCUT2D eigenvalue weighted by Gasteiger charge is 2.39. The van der Waals surface area contributed by atoms with Crippen LogP contribution >= 0.6 is 0 Å². The first-order valence-electron chi connectivity index (χ1n) is 66.5. The minimum atomic E-state index is -3.39. The molecule has 42 nitrogen and oxygen atoms in total. The molecule has 756 valence electrons. The van der Waals surface area contributed by atoms with E-state index in [2.05, 4.69) is 34.9 Å². The number of rotatable bonds is 7. The van der Waals surface area contributed by atoms with E-state index < -0.39 is 448 Å². The van der Waals surface area contributed by atoms with Crippen LogP contribution in [0.1, 0.15) is 279 Å². The number of aryl methyl sites for hydroxylation is 7. The molecule has 7 saturated carbocycles. The Balaban J connectivity index is 0.000000161. The number of carbonyl (C=O) groups is 14. The lowest BCUT2D eigenvalue weighted by Gasteiger charge is -2.24. The number of benzene rings is 7. The van der Waals surface area contributed by atoms with Crippen LogP contribution in [0.4, 0.5) is 39.8 Å². The predicted molar refractivity (Wildman–Crippen MR) is 546 cm³/mol. The van der Waals surface area contributed by atoms with Crippen LogP contribution < -0.4 is 79.1 Å². The van der Waals surface area contributed by atoms with Gasteiger partial charge in [0.2, 0.25) is 0 Å². The maximum atomic E-state index is 13.2. The van der Waals surface area contributed by atoms with Crippen molar-refractivity contribution in [2.24, 2.45) is 0 Å². The summed E-state index contributed by atoms with van der Waals surface area (Å²) in [5.41, 5.74) is 30.3. The average molecular weight is 2040 g/mol. The van der Waals surface area contributed by atoms with Crippen molar-refractivity contribution >= 4 is 197 Å². The van der Waals surface area contributed by atoms with Crippen LogP contribution in [0.3, 0.4) is 0 Å². The Kier molecular flexibility index (Phi) is 17.6. The second-order valence-corrected chi connectivity index (χ2v) is 32.2. The number of nitrogen functional groups attached to an aromatic ring is 7. The zero-order valence-corrected chi connectivity index (χ0v) is 75.7. The summed E-state index contributed by atoms with van der Waals surface area (Å²) in [7, 11) is 0. The normalized spacial score (nSPS) is 28.6. The smallest absolute Gasteiger partial charge is 0.264 e. The second kappa shape index (κ2) is 43.0. The van der Waals surface area contributed by atoms with Gasteiger partial charge in [0, 0.05) is 126 Å². The summed E-state index contributed by atoms with van der Waals surface area (Å²) >= 11 is 0. The van der Waals surface area contributed by atoms with Crippen molar-refractivity contribution in [2.75, 3.05) is 40.1 Å². The van der Waals surface area contributed by atoms with Gasteiger partial charge in [0.25, 0.3) is 38.9 Å². The summed E-state index contributed by atoms with van der Waals surface area (Å²) in [4.78, 5) is 289. The fourth-order valence-electron chi connectivity index (χ4n) is 15.8. The Labute approximate surface area is 896 Å². The Morgan fingerprint density at radius 3 is 0.769 bits per heavy atom. The lowest BCUT2D eigenvalue weighted by molar-refractivity contribution is -0.133. The topological polar surface area (TPSA) is 665 Å². The monoisotopic (exact) mass is 2040 g/mol. The number of anilines is 7. The van der Waals surface area contributed by atoms with E-state index >= 15 is 0 Å². The summed E-state index contributed by atoms with van der Waals surface area (Å²) < 4.78 is 358. The first-order chi connectivity index (χ1) is 88.4. The van der Waals surface area contributed by atoms with Gasteiger partial charge >= 0.3 is 0 Å². The fraction of sp³-hybridized carbons (Fsp3) is 0.333. The first-order valence-corrected chi connectivity index (χ1v) is 42.7. The zero-order valence-electron chi connectivity index (χ0n) is 121. The summed E-state index contributed by atoms with van der Waals surface area (Å²) in [5.74, 6) is -17.3. The van der Waals surface area contributed by atoms with Crippen LogP contribution in [0.25, 0.3) is 76.3 Å². The van der Waals surface area contributed by atoms with Crippen LogP contribution in [0.5, 0.6) is 0 Å². The van der Waals surface area contributed by atoms with Crippen LogP contribution in [0.15, 0.2) is 161 Å². The molecule has 0 saturated heterocycles. The van der Waals surface area contributed by atoms with Gasteiger partial charge in [-0.15, -0.1) is 0 Å². The lowest BCUT2D eigenvalue weighted by Crippen LogP contribution is -2.36. The molecule has 7 heterocycles. The molecule has 7 atom stereocenters. The van der Waals surface area contributed by atoms with Gasteiger partial charge < -0.3 is 40.1 Å². The summed E-state index contributed by atoms with van der Waals surface area (Å²) in [5, 5.41) is -2.21. The molecule has 7 aromatic heterocycles. The van der Waals surface area contributed by atoms with Crippen LogP contribution in [0, 0.1) is 48.2 Å². The van der Waals surface area contributed by atoms with Crippen molar-refractivity contribution in [1.82, 2.24) is 66.9 Å². The highest BCUT2D eigenvalue weighted by atomic mass is 16.2. The number of nitrogens with two attached hydrogens (primary N) is 7. The van der Waals surface area contributed by atoms with E-state index in [4.69, 9.17) is 102 Å². The van der Waals surface area contributed by atoms with Gasteiger partial charge in [-0.05, 0) is 178 Å². The second-order valence-electron chi connectivity index (χ2n) is 32.2. The maximum absolute atomic E-state index is 13.2. The van der Waals surface area contributed by atoms with E-state index in [0.29, 0.717) is 27.4 Å². The van der Waals surface area contributed by atoms with Crippen LogP contribution in [0.2, 0.25) is 0 Å². The van der Waals surface area contributed by atoms with Crippen LogP contribution in [-0.2, 0) is 67.1 Å². The lowest BCUT2D eigenvalue weighted by atomic mass is 9.92. The standard InChI is InChI=1S/7C15H15N3O3/c7*1-8-17-11-4-2-3-10(16)14(11)15(21)18(8)12-6-5-9(19)7-13(12)20/h7*2-4,12H,5-7,16H2,1H3/i1D2,2D,3D,4D,5D2,6D2;1D,2D,3D,4D,5D2,6D2;1D2,2D,3D,4D,12D;1D,2D,3D,4D,12D;1D,5D2,6D2,12D;1D2,5D2,6D2;1D,5D2,6D2. The highest BCUT2D eigenvalue weighted by Crippen LogP contribution is 2.35. The van der Waals surface area contributed by atoms with Crippen molar-refractivity contribution in [2.45, 2.75) is 225 Å². The first kappa shape index (κ1) is 60.2. The Hall–Kier alpha value is -17.5. The van der Waals surface area contributed by atoms with Gasteiger partial charge in [-0.25, -0.2) is 34.9 Å². The number of nitrogens with zero attached hydrogens (tertiary/aromatic N) is 14. The van der Waals surface area contributed by atoms with Crippen LogP contribution in [-0.4, -0.2) is 148 Å². The van der Waals surface area contributed by atoms with Crippen molar-refractivity contribution < 1.29 is 129 Å². The fourth-order valence-corrected chi connectivity index (χ4v) is 15.8. The van der Waals surface area contributed by atoms with E-state index in [1.165, 1.54) is 48.5 Å². The van der Waals surface area contributed by atoms with Crippen molar-refractivity contribution in [1.29, 1.82) is 0 Å². The molecule has 14 aromatic rings. The molecule has 7 aliphatic carbocycles. The van der Waals surface area contributed by atoms with E-state index in [1.54, 1.807) is 6.07 Å². The summed E-state index contributed by atoms with van der Waals surface area (Å²) in [6.45, 7) is -8.33. The van der Waals surface area contributed by atoms with Gasteiger partial charge in [-0.1, -0.05) is 42.4 Å². The Bertz CT molecular complexity index is 10900. The van der Waals surface area contributed by atoms with Gasteiger partial charge in [-0.2, -0.15) is 0 Å². The predicted octanol–water partition coefficient (Wildman–Crippen LogP) is 8.05. The quantitative estimate of drug-likeness (QED) is 0.0585. The molecular formula is C105H105N21O21. The molecule has 0 bridgehead atoms. The third-order valence-electron chi connectivity index (χ3n) is 22.5. The average Bonchev–Trinajstić information content (AvgIpc) is 0.688. The van der Waals surface area contributed by atoms with Gasteiger partial charge in [-0.3, -0.25) is 133 Å². The summed E-state index contributed by atoms with van der Waals surface area (Å²) in [6.07, 6.45) is -37.9. The van der Waals surface area contributed by atoms with E-state index in [9.17, 15) is 101 Å². The molecule has 0 radical (unpaired) electrons. The summed E-state index contributed by atoms with van der Waals surface area (Å²) in [6, 6.07) is -9.66. The Morgan fingerprint density at radius 1 is 0.259 bits per heavy atom. The molecule has 147 heavy (non-hydrogen) atoms. The largest absolute Gasteiger partial charge is 0.398 e. The SMILES string of the molecule is [2H]C([2H])c1nc2cccc(N)c2c(=O)n1C1C(=O)CC(=O)C([2H])([2H])C1([2H])[2H].[2H]Cc1nc2c([2H])c([2H])c([2H])c(N)c2c(=O)n1C1([2H])CCC(=O)CC1=O.[2H]Cc1nc2c([2H])c([2H])c([2H])c(N)c2c(=O)n1C1C(=O)CC(=O)C([2H])([2H])C1([2H])[2H].[2H]Cc1nc2cccc(N)c2c(=O)n1C1([2H])C(=O)CC(=O)C([2H])([2H])C1([2H])[2H].[2H]Cc1nc2cccc(N)c2c(=O)n1C1C(=O)CC(=O)C([2H])([2H])C1([2H])[2H].[2H]c1c([2H])c(N)c2c(=O)n(C3([2H])CCC(=O)CC3=O)c(C([2H])[2H])nc2c1[2H].[2H]c1c([2H])c(N)c2c(=O)n(C3C(=O)CC(=O)C([2H])([2H])C3([2H])[2H])c(C([2H])[2H])nc2c1[2H]. The molecule has 7 fully saturated rings.